The van der Waals surface area contributed by atoms with Crippen molar-refractivity contribution < 1.29 is 19.1 Å². The van der Waals surface area contributed by atoms with Gasteiger partial charge in [0.1, 0.15) is 18.1 Å². The van der Waals surface area contributed by atoms with E-state index >= 15 is 0 Å². The van der Waals surface area contributed by atoms with Gasteiger partial charge in [0.25, 0.3) is 11.8 Å². The van der Waals surface area contributed by atoms with Crippen molar-refractivity contribution >= 4 is 11.8 Å². The summed E-state index contributed by atoms with van der Waals surface area (Å²) in [4.78, 5) is 29.6. The largest absolute Gasteiger partial charge is 0.497 e. The maximum Gasteiger partial charge on any atom is 0.254 e. The Morgan fingerprint density at radius 3 is 2.48 bits per heavy atom. The van der Waals surface area contributed by atoms with Gasteiger partial charge in [-0.15, -0.1) is 0 Å². The number of hydrogen-bond acceptors (Lipinski definition) is 4. The van der Waals surface area contributed by atoms with Gasteiger partial charge < -0.3 is 19.3 Å². The molecule has 2 heterocycles. The van der Waals surface area contributed by atoms with Crippen molar-refractivity contribution in [2.45, 2.75) is 26.3 Å². The van der Waals surface area contributed by atoms with Gasteiger partial charge in [0.15, 0.2) is 0 Å². The molecule has 0 N–H and O–H groups in total. The Balaban J connectivity index is 1.57. The molecule has 2 aliphatic rings. The number of rotatable bonds is 3. The zero-order chi connectivity index (χ0) is 20.4. The number of aryl methyl sites for hydroxylation is 1. The number of amides is 2. The lowest BCUT2D eigenvalue weighted by Crippen LogP contribution is -2.33. The average molecular weight is 394 g/mol. The third-order valence-corrected chi connectivity index (χ3v) is 5.63. The second kappa shape index (κ2) is 8.15. The number of carbonyl (C=O) groups is 2. The van der Waals surface area contributed by atoms with Crippen LogP contribution in [-0.2, 0) is 6.54 Å². The van der Waals surface area contributed by atoms with Gasteiger partial charge in [0, 0.05) is 36.3 Å². The Labute approximate surface area is 171 Å². The van der Waals surface area contributed by atoms with E-state index < -0.39 is 0 Å². The lowest BCUT2D eigenvalue weighted by atomic mass is 10.1. The topological polar surface area (TPSA) is 59.1 Å². The number of carbonyl (C=O) groups excluding carboxylic acids is 2. The summed E-state index contributed by atoms with van der Waals surface area (Å²) >= 11 is 0. The molecule has 1 saturated heterocycles. The van der Waals surface area contributed by atoms with Crippen LogP contribution in [0.4, 0.5) is 0 Å². The minimum absolute atomic E-state index is 0.0436. The first-order valence-corrected chi connectivity index (χ1v) is 10.1. The van der Waals surface area contributed by atoms with Crippen molar-refractivity contribution in [3.63, 3.8) is 0 Å². The summed E-state index contributed by atoms with van der Waals surface area (Å²) in [7, 11) is 1.61. The zero-order valence-corrected chi connectivity index (χ0v) is 16.9. The van der Waals surface area contributed by atoms with Gasteiger partial charge in [-0.2, -0.15) is 0 Å². The molecule has 0 bridgehead atoms. The van der Waals surface area contributed by atoms with Crippen LogP contribution in [0.25, 0.3) is 0 Å². The van der Waals surface area contributed by atoms with Crippen LogP contribution in [0.5, 0.6) is 11.5 Å². The standard InChI is InChI=1S/C23H26N2O4/c1-16-13-19(28-2)6-7-20(16)23(27)25-11-12-29-21-8-5-17(14-18(21)15-25)22(26)24-9-3-4-10-24/h5-8,13-14H,3-4,9-12,15H2,1-2H3. The summed E-state index contributed by atoms with van der Waals surface area (Å²) in [6.07, 6.45) is 2.12. The summed E-state index contributed by atoms with van der Waals surface area (Å²) in [5, 5.41) is 0. The Morgan fingerprint density at radius 1 is 0.966 bits per heavy atom. The van der Waals surface area contributed by atoms with Crippen LogP contribution in [0.3, 0.4) is 0 Å². The number of fused-ring (bicyclic) bond motifs is 1. The van der Waals surface area contributed by atoms with Crippen LogP contribution in [0, 0.1) is 6.92 Å². The van der Waals surface area contributed by atoms with Crippen molar-refractivity contribution in [3.8, 4) is 11.5 Å². The smallest absolute Gasteiger partial charge is 0.254 e. The third kappa shape index (κ3) is 3.92. The molecule has 0 spiro atoms. The SMILES string of the molecule is COc1ccc(C(=O)N2CCOc3ccc(C(=O)N4CCCC4)cc3C2)c(C)c1. The Hall–Kier alpha value is -3.02. The molecule has 0 unspecified atom stereocenters. The minimum atomic E-state index is -0.0436. The van der Waals surface area contributed by atoms with E-state index in [0.29, 0.717) is 30.8 Å². The Kier molecular flexibility index (Phi) is 5.43. The first-order valence-electron chi connectivity index (χ1n) is 10.1. The summed E-state index contributed by atoms with van der Waals surface area (Å²) in [5.41, 5.74) is 3.05. The van der Waals surface area contributed by atoms with E-state index in [4.69, 9.17) is 9.47 Å². The van der Waals surface area contributed by atoms with E-state index in [1.54, 1.807) is 24.1 Å². The highest BCUT2D eigenvalue weighted by atomic mass is 16.5. The number of nitrogens with zero attached hydrogens (tertiary/aromatic N) is 2. The molecule has 152 valence electrons. The van der Waals surface area contributed by atoms with E-state index in [2.05, 4.69) is 0 Å². The van der Waals surface area contributed by atoms with Gasteiger partial charge in [0.2, 0.25) is 0 Å². The highest BCUT2D eigenvalue weighted by Gasteiger charge is 2.25. The first-order chi connectivity index (χ1) is 14.1. The number of benzene rings is 2. The monoisotopic (exact) mass is 394 g/mol. The molecule has 2 aromatic carbocycles. The second-order valence-electron chi connectivity index (χ2n) is 7.58. The van der Waals surface area contributed by atoms with Crippen molar-refractivity contribution in [1.29, 1.82) is 0 Å². The molecule has 2 aliphatic heterocycles. The van der Waals surface area contributed by atoms with Gasteiger partial charge in [-0.3, -0.25) is 9.59 Å². The van der Waals surface area contributed by atoms with Crippen LogP contribution < -0.4 is 9.47 Å². The van der Waals surface area contributed by atoms with Crippen LogP contribution in [0.15, 0.2) is 36.4 Å². The van der Waals surface area contributed by atoms with Crippen LogP contribution >= 0.6 is 0 Å². The summed E-state index contributed by atoms with van der Waals surface area (Å²) in [5.74, 6) is 1.48. The van der Waals surface area contributed by atoms with Gasteiger partial charge in [-0.1, -0.05) is 0 Å². The molecular formula is C23H26N2O4. The predicted octanol–water partition coefficient (Wildman–Crippen LogP) is 3.27. The number of hydrogen-bond donors (Lipinski definition) is 0. The molecule has 0 aliphatic carbocycles. The molecule has 29 heavy (non-hydrogen) atoms. The highest BCUT2D eigenvalue weighted by Crippen LogP contribution is 2.27. The molecule has 0 atom stereocenters. The van der Waals surface area contributed by atoms with Gasteiger partial charge in [0.05, 0.1) is 13.7 Å². The molecule has 0 aromatic heterocycles. The van der Waals surface area contributed by atoms with Crippen molar-refractivity contribution in [2.24, 2.45) is 0 Å². The van der Waals surface area contributed by atoms with Crippen molar-refractivity contribution in [1.82, 2.24) is 9.80 Å². The van der Waals surface area contributed by atoms with Gasteiger partial charge >= 0.3 is 0 Å². The summed E-state index contributed by atoms with van der Waals surface area (Å²) < 4.78 is 11.1. The fraction of sp³-hybridized carbons (Fsp3) is 0.391. The molecule has 4 rings (SSSR count). The number of likely N-dealkylation sites (tertiary alicyclic amines) is 1. The second-order valence-corrected chi connectivity index (χ2v) is 7.58. The lowest BCUT2D eigenvalue weighted by Gasteiger charge is -2.21. The van der Waals surface area contributed by atoms with E-state index in [-0.39, 0.29) is 11.8 Å². The average Bonchev–Trinajstić information content (AvgIpc) is 3.19. The number of methoxy groups -OCH3 is 1. The van der Waals surface area contributed by atoms with E-state index in [0.717, 1.165) is 48.6 Å². The van der Waals surface area contributed by atoms with Gasteiger partial charge in [-0.25, -0.2) is 0 Å². The first kappa shape index (κ1) is 19.3. The minimum Gasteiger partial charge on any atom is -0.497 e. The molecule has 2 aromatic rings. The molecule has 0 saturated carbocycles. The quantitative estimate of drug-likeness (QED) is 0.802. The predicted molar refractivity (Wildman–Crippen MR) is 110 cm³/mol. The maximum absolute atomic E-state index is 13.2. The molecular weight excluding hydrogens is 368 g/mol. The normalized spacial score (nSPS) is 16.1. The fourth-order valence-electron chi connectivity index (χ4n) is 3.98. The zero-order valence-electron chi connectivity index (χ0n) is 16.9. The molecule has 6 nitrogen and oxygen atoms in total. The van der Waals surface area contributed by atoms with Crippen LogP contribution in [-0.4, -0.2) is 55.0 Å². The van der Waals surface area contributed by atoms with E-state index in [9.17, 15) is 9.59 Å². The van der Waals surface area contributed by atoms with Crippen LogP contribution in [0.1, 0.15) is 44.7 Å². The maximum atomic E-state index is 13.2. The van der Waals surface area contributed by atoms with Crippen LogP contribution in [0.2, 0.25) is 0 Å². The Morgan fingerprint density at radius 2 is 1.76 bits per heavy atom. The van der Waals surface area contributed by atoms with Crippen molar-refractivity contribution in [3.05, 3.63) is 58.7 Å². The molecule has 1 fully saturated rings. The third-order valence-electron chi connectivity index (χ3n) is 5.63. The molecule has 6 heteroatoms. The highest BCUT2D eigenvalue weighted by molar-refractivity contribution is 5.96. The summed E-state index contributed by atoms with van der Waals surface area (Å²) in [6, 6.07) is 11.0. The molecule has 0 radical (unpaired) electrons. The molecule has 2 amide bonds. The van der Waals surface area contributed by atoms with Gasteiger partial charge in [-0.05, 0) is 61.7 Å². The Bertz CT molecular complexity index is 934. The van der Waals surface area contributed by atoms with Crippen molar-refractivity contribution in [2.75, 3.05) is 33.4 Å². The fourth-order valence-corrected chi connectivity index (χ4v) is 3.98. The van der Waals surface area contributed by atoms with E-state index in [1.807, 2.05) is 36.1 Å². The number of ether oxygens (including phenoxy) is 2. The summed E-state index contributed by atoms with van der Waals surface area (Å²) in [6.45, 7) is 4.87. The lowest BCUT2D eigenvalue weighted by molar-refractivity contribution is 0.0732. The van der Waals surface area contributed by atoms with E-state index in [1.165, 1.54) is 0 Å².